The van der Waals surface area contributed by atoms with Gasteiger partial charge in [0, 0.05) is 43.9 Å². The van der Waals surface area contributed by atoms with E-state index in [1.54, 1.807) is 35.2 Å². The number of hydrogen-bond acceptors (Lipinski definition) is 4. The molecule has 0 radical (unpaired) electrons. The lowest BCUT2D eigenvalue weighted by molar-refractivity contribution is -0.118. The summed E-state index contributed by atoms with van der Waals surface area (Å²) in [5, 5.41) is 2.82. The van der Waals surface area contributed by atoms with E-state index in [1.807, 2.05) is 26.0 Å². The Balaban J connectivity index is 1.60. The van der Waals surface area contributed by atoms with Gasteiger partial charge in [0.2, 0.25) is 15.9 Å². The summed E-state index contributed by atoms with van der Waals surface area (Å²) >= 11 is 0. The van der Waals surface area contributed by atoms with Gasteiger partial charge in [-0.1, -0.05) is 46.8 Å². The minimum Gasteiger partial charge on any atom is -0.352 e. The second-order valence-electron chi connectivity index (χ2n) is 9.51. The highest BCUT2D eigenvalue weighted by Gasteiger charge is 2.28. The molecule has 7 nitrogen and oxygen atoms in total. The fraction of sp³-hybridized carbons (Fsp3) is 0.462. The zero-order chi connectivity index (χ0) is 25.1. The van der Waals surface area contributed by atoms with E-state index in [0.29, 0.717) is 31.6 Å². The van der Waals surface area contributed by atoms with E-state index in [4.69, 9.17) is 0 Å². The van der Waals surface area contributed by atoms with Crippen molar-refractivity contribution in [1.29, 1.82) is 0 Å². The Morgan fingerprint density at radius 1 is 1.03 bits per heavy atom. The summed E-state index contributed by atoms with van der Waals surface area (Å²) in [5.41, 5.74) is 3.33. The second-order valence-corrected chi connectivity index (χ2v) is 11.4. The average Bonchev–Trinajstić information content (AvgIpc) is 3.22. The molecule has 1 heterocycles. The van der Waals surface area contributed by atoms with Gasteiger partial charge in [0.15, 0.2) is 0 Å². The second kappa shape index (κ2) is 10.3. The fourth-order valence-corrected chi connectivity index (χ4v) is 5.66. The minimum atomic E-state index is -3.54. The Hall–Kier alpha value is -2.71. The third kappa shape index (κ3) is 5.50. The Kier molecular flexibility index (Phi) is 7.83. The molecule has 0 aromatic heterocycles. The molecule has 184 valence electrons. The number of benzene rings is 2. The van der Waals surface area contributed by atoms with Crippen LogP contribution in [0.25, 0.3) is 0 Å². The highest BCUT2D eigenvalue weighted by Crippen LogP contribution is 2.31. The molecule has 1 aliphatic rings. The minimum absolute atomic E-state index is 0.0176. The van der Waals surface area contributed by atoms with E-state index in [9.17, 15) is 18.0 Å². The van der Waals surface area contributed by atoms with Crippen LogP contribution in [-0.4, -0.2) is 50.7 Å². The van der Waals surface area contributed by atoms with E-state index < -0.39 is 10.0 Å². The highest BCUT2D eigenvalue weighted by atomic mass is 32.2. The lowest BCUT2D eigenvalue weighted by atomic mass is 9.87. The van der Waals surface area contributed by atoms with Gasteiger partial charge in [-0.15, -0.1) is 0 Å². The van der Waals surface area contributed by atoms with Crippen LogP contribution in [0.5, 0.6) is 0 Å². The molecular weight excluding hydrogens is 450 g/mol. The first kappa shape index (κ1) is 25.9. The molecule has 3 rings (SSSR count). The Morgan fingerprint density at radius 3 is 2.26 bits per heavy atom. The van der Waals surface area contributed by atoms with Gasteiger partial charge in [-0.05, 0) is 53.3 Å². The molecule has 0 saturated heterocycles. The maximum atomic E-state index is 12.8. The SMILES string of the molecule is CCN(CC)S(=O)(=O)c1ccc2c(c1)CCN2C(=O)CCNC(=O)c1ccc(C(C)(C)C)cc1. The molecule has 0 saturated carbocycles. The van der Waals surface area contributed by atoms with E-state index in [-0.39, 0.29) is 35.1 Å². The zero-order valence-electron chi connectivity index (χ0n) is 20.7. The molecule has 34 heavy (non-hydrogen) atoms. The van der Waals surface area contributed by atoms with Gasteiger partial charge in [-0.25, -0.2) is 8.42 Å². The Morgan fingerprint density at radius 2 is 1.68 bits per heavy atom. The highest BCUT2D eigenvalue weighted by molar-refractivity contribution is 7.89. The Labute approximate surface area is 203 Å². The van der Waals surface area contributed by atoms with E-state index in [1.165, 1.54) is 4.31 Å². The van der Waals surface area contributed by atoms with Crippen LogP contribution in [0.4, 0.5) is 5.69 Å². The van der Waals surface area contributed by atoms with Crippen LogP contribution >= 0.6 is 0 Å². The van der Waals surface area contributed by atoms with Crippen LogP contribution in [0.3, 0.4) is 0 Å². The molecule has 0 spiro atoms. The summed E-state index contributed by atoms with van der Waals surface area (Å²) < 4.78 is 27.0. The molecule has 8 heteroatoms. The first-order valence-electron chi connectivity index (χ1n) is 11.8. The molecule has 0 aliphatic carbocycles. The van der Waals surface area contributed by atoms with Crippen LogP contribution in [0.1, 0.15) is 62.5 Å². The van der Waals surface area contributed by atoms with Gasteiger partial charge < -0.3 is 10.2 Å². The van der Waals surface area contributed by atoms with Crippen molar-refractivity contribution < 1.29 is 18.0 Å². The fourth-order valence-electron chi connectivity index (χ4n) is 4.15. The monoisotopic (exact) mass is 485 g/mol. The van der Waals surface area contributed by atoms with Gasteiger partial charge >= 0.3 is 0 Å². The zero-order valence-corrected chi connectivity index (χ0v) is 21.5. The van der Waals surface area contributed by atoms with Gasteiger partial charge in [0.1, 0.15) is 0 Å². The van der Waals surface area contributed by atoms with E-state index in [0.717, 1.165) is 16.8 Å². The number of sulfonamides is 1. The normalized spacial score (nSPS) is 13.8. The number of fused-ring (bicyclic) bond motifs is 1. The number of carbonyl (C=O) groups is 2. The largest absolute Gasteiger partial charge is 0.352 e. The number of hydrogen-bond donors (Lipinski definition) is 1. The molecule has 1 aliphatic heterocycles. The lowest BCUT2D eigenvalue weighted by Gasteiger charge is -2.20. The van der Waals surface area contributed by atoms with Crippen LogP contribution in [0.15, 0.2) is 47.4 Å². The summed E-state index contributed by atoms with van der Waals surface area (Å²) in [7, 11) is -3.54. The van der Waals surface area contributed by atoms with E-state index >= 15 is 0 Å². The predicted octanol–water partition coefficient (Wildman–Crippen LogP) is 3.72. The van der Waals surface area contributed by atoms with Crippen molar-refractivity contribution >= 4 is 27.5 Å². The molecular formula is C26H35N3O4S. The number of anilines is 1. The van der Waals surface area contributed by atoms with Crippen molar-refractivity contribution in [2.24, 2.45) is 0 Å². The topological polar surface area (TPSA) is 86.8 Å². The molecule has 0 atom stereocenters. The number of amides is 2. The molecule has 2 aromatic carbocycles. The summed E-state index contributed by atoms with van der Waals surface area (Å²) in [4.78, 5) is 27.2. The summed E-state index contributed by atoms with van der Waals surface area (Å²) in [6.45, 7) is 11.5. The smallest absolute Gasteiger partial charge is 0.251 e. The number of nitrogens with one attached hydrogen (secondary N) is 1. The van der Waals surface area contributed by atoms with Crippen molar-refractivity contribution in [2.45, 2.75) is 57.8 Å². The molecule has 0 bridgehead atoms. The molecule has 0 fully saturated rings. The lowest BCUT2D eigenvalue weighted by Crippen LogP contribution is -2.33. The molecule has 2 aromatic rings. The van der Waals surface area contributed by atoms with Crippen LogP contribution in [0.2, 0.25) is 0 Å². The molecule has 2 amide bonds. The van der Waals surface area contributed by atoms with Gasteiger partial charge in [0.25, 0.3) is 5.91 Å². The van der Waals surface area contributed by atoms with Crippen molar-refractivity contribution in [3.8, 4) is 0 Å². The van der Waals surface area contributed by atoms with Crippen LogP contribution in [-0.2, 0) is 26.7 Å². The van der Waals surface area contributed by atoms with Crippen molar-refractivity contribution in [2.75, 3.05) is 31.1 Å². The first-order chi connectivity index (χ1) is 16.0. The van der Waals surface area contributed by atoms with Crippen LogP contribution in [0, 0.1) is 0 Å². The third-order valence-corrected chi connectivity index (χ3v) is 8.27. The quantitative estimate of drug-likeness (QED) is 0.617. The maximum absolute atomic E-state index is 12.8. The Bertz CT molecular complexity index is 1150. The first-order valence-corrected chi connectivity index (χ1v) is 13.2. The summed E-state index contributed by atoms with van der Waals surface area (Å²) in [6, 6.07) is 12.5. The van der Waals surface area contributed by atoms with Gasteiger partial charge in [-0.2, -0.15) is 4.31 Å². The standard InChI is InChI=1S/C26H35N3O4S/c1-6-28(7-2)34(32,33)22-12-13-23-20(18-22)15-17-29(23)24(30)14-16-27-25(31)19-8-10-21(11-9-19)26(3,4)5/h8-13,18H,6-7,14-17H2,1-5H3,(H,27,31). The van der Waals surface area contributed by atoms with Crippen LogP contribution < -0.4 is 10.2 Å². The van der Waals surface area contributed by atoms with Crippen molar-refractivity contribution in [3.63, 3.8) is 0 Å². The number of nitrogens with zero attached hydrogens (tertiary/aromatic N) is 2. The summed E-state index contributed by atoms with van der Waals surface area (Å²) in [5.74, 6) is -0.303. The average molecular weight is 486 g/mol. The van der Waals surface area contributed by atoms with Gasteiger partial charge in [-0.3, -0.25) is 9.59 Å². The number of rotatable bonds is 8. The summed E-state index contributed by atoms with van der Waals surface area (Å²) in [6.07, 6.45) is 0.778. The van der Waals surface area contributed by atoms with E-state index in [2.05, 4.69) is 26.1 Å². The third-order valence-electron chi connectivity index (χ3n) is 6.23. The van der Waals surface area contributed by atoms with Crippen molar-refractivity contribution in [3.05, 3.63) is 59.2 Å². The maximum Gasteiger partial charge on any atom is 0.251 e. The molecule has 0 unspecified atom stereocenters. The van der Waals surface area contributed by atoms with Gasteiger partial charge in [0.05, 0.1) is 4.90 Å². The number of carbonyl (C=O) groups excluding carboxylic acids is 2. The van der Waals surface area contributed by atoms with Crippen molar-refractivity contribution in [1.82, 2.24) is 9.62 Å². The molecule has 1 N–H and O–H groups in total. The predicted molar refractivity (Wildman–Crippen MR) is 135 cm³/mol.